The van der Waals surface area contributed by atoms with Crippen molar-refractivity contribution >= 4 is 17.3 Å². The molecule has 2 rings (SSSR count). The first-order valence-corrected chi connectivity index (χ1v) is 5.06. The summed E-state index contributed by atoms with van der Waals surface area (Å²) in [5.74, 6) is 0.508. The minimum atomic E-state index is -0.526. The van der Waals surface area contributed by atoms with Gasteiger partial charge in [0.05, 0.1) is 11.1 Å². The van der Waals surface area contributed by atoms with Crippen molar-refractivity contribution < 1.29 is 9.66 Å². The largest absolute Gasteiger partial charge is 0.448 e. The van der Waals surface area contributed by atoms with Gasteiger partial charge in [-0.1, -0.05) is 17.7 Å². The number of halogens is 1. The molecule has 1 aromatic heterocycles. The van der Waals surface area contributed by atoms with Crippen molar-refractivity contribution in [2.24, 2.45) is 0 Å². The molecule has 0 spiro atoms. The van der Waals surface area contributed by atoms with Crippen LogP contribution in [0.4, 0.5) is 5.69 Å². The highest BCUT2D eigenvalue weighted by molar-refractivity contribution is 6.30. The molecule has 0 aliphatic rings. The van der Waals surface area contributed by atoms with Crippen molar-refractivity contribution in [3.05, 3.63) is 57.9 Å². The van der Waals surface area contributed by atoms with Crippen LogP contribution in [0.1, 0.15) is 0 Å². The Morgan fingerprint density at radius 3 is 2.88 bits per heavy atom. The van der Waals surface area contributed by atoms with Gasteiger partial charge in [0.25, 0.3) is 0 Å². The lowest BCUT2D eigenvalue weighted by Crippen LogP contribution is -1.93. The topological polar surface area (TPSA) is 65.3 Å². The maximum atomic E-state index is 10.8. The first kappa shape index (κ1) is 11.3. The molecule has 0 saturated carbocycles. The first-order valence-electron chi connectivity index (χ1n) is 4.68. The van der Waals surface area contributed by atoms with Crippen molar-refractivity contribution in [1.82, 2.24) is 4.98 Å². The second kappa shape index (κ2) is 4.80. The Kier molecular flexibility index (Phi) is 3.20. The summed E-state index contributed by atoms with van der Waals surface area (Å²) in [6.07, 6.45) is 2.63. The second-order valence-electron chi connectivity index (χ2n) is 3.16. The maximum absolute atomic E-state index is 10.8. The van der Waals surface area contributed by atoms with Crippen LogP contribution in [0.3, 0.4) is 0 Å². The van der Waals surface area contributed by atoms with Gasteiger partial charge < -0.3 is 4.74 Å². The molecule has 2 aromatic rings. The Labute approximate surface area is 102 Å². The van der Waals surface area contributed by atoms with Gasteiger partial charge in [0.15, 0.2) is 0 Å². The normalized spacial score (nSPS) is 9.94. The van der Waals surface area contributed by atoms with E-state index in [0.29, 0.717) is 10.8 Å². The van der Waals surface area contributed by atoms with Gasteiger partial charge in [-0.2, -0.15) is 0 Å². The zero-order valence-electron chi connectivity index (χ0n) is 8.54. The monoisotopic (exact) mass is 250 g/mol. The van der Waals surface area contributed by atoms with Crippen LogP contribution in [0.15, 0.2) is 42.7 Å². The fraction of sp³-hybridized carbons (Fsp3) is 0. The third-order valence-corrected chi connectivity index (χ3v) is 2.22. The van der Waals surface area contributed by atoms with Crippen molar-refractivity contribution in [3.8, 4) is 11.5 Å². The summed E-state index contributed by atoms with van der Waals surface area (Å²) >= 11 is 5.78. The average Bonchev–Trinajstić information content (AvgIpc) is 2.29. The van der Waals surface area contributed by atoms with E-state index in [1.165, 1.54) is 18.5 Å². The molecule has 1 heterocycles. The number of nitro groups is 1. The Morgan fingerprint density at radius 1 is 1.35 bits per heavy atom. The van der Waals surface area contributed by atoms with E-state index >= 15 is 0 Å². The standard InChI is InChI=1S/C11H7ClN2O3/c12-8-2-1-3-9(6-8)17-11-7-13-5-4-10(11)14(15)16/h1-7H. The predicted octanol–water partition coefficient (Wildman–Crippen LogP) is 3.44. The molecule has 17 heavy (non-hydrogen) atoms. The fourth-order valence-corrected chi connectivity index (χ4v) is 1.44. The SMILES string of the molecule is O=[N+]([O-])c1ccncc1Oc1cccc(Cl)c1. The van der Waals surface area contributed by atoms with Gasteiger partial charge in [0.2, 0.25) is 5.75 Å². The van der Waals surface area contributed by atoms with Gasteiger partial charge in [-0.25, -0.2) is 0 Å². The molecule has 6 heteroatoms. The highest BCUT2D eigenvalue weighted by Gasteiger charge is 2.15. The lowest BCUT2D eigenvalue weighted by atomic mass is 10.3. The summed E-state index contributed by atoms with van der Waals surface area (Å²) < 4.78 is 5.36. The number of ether oxygens (including phenoxy) is 1. The van der Waals surface area contributed by atoms with Gasteiger partial charge in [0, 0.05) is 17.3 Å². The van der Waals surface area contributed by atoms with Crippen LogP contribution in [0, 0.1) is 10.1 Å². The highest BCUT2D eigenvalue weighted by Crippen LogP contribution is 2.30. The van der Waals surface area contributed by atoms with E-state index in [-0.39, 0.29) is 11.4 Å². The minimum Gasteiger partial charge on any atom is -0.448 e. The second-order valence-corrected chi connectivity index (χ2v) is 3.60. The van der Waals surface area contributed by atoms with Gasteiger partial charge in [0.1, 0.15) is 5.75 Å². The van der Waals surface area contributed by atoms with Crippen molar-refractivity contribution in [2.45, 2.75) is 0 Å². The third kappa shape index (κ3) is 2.70. The number of pyridine rings is 1. The van der Waals surface area contributed by atoms with E-state index in [0.717, 1.165) is 0 Å². The van der Waals surface area contributed by atoms with Gasteiger partial charge >= 0.3 is 5.69 Å². The van der Waals surface area contributed by atoms with Crippen molar-refractivity contribution in [1.29, 1.82) is 0 Å². The van der Waals surface area contributed by atoms with Gasteiger partial charge in [-0.15, -0.1) is 0 Å². The summed E-state index contributed by atoms with van der Waals surface area (Å²) in [5.41, 5.74) is -0.139. The molecule has 0 atom stereocenters. The summed E-state index contributed by atoms with van der Waals surface area (Å²) in [5, 5.41) is 11.2. The van der Waals surface area contributed by atoms with Crippen LogP contribution >= 0.6 is 11.6 Å². The predicted molar refractivity (Wildman–Crippen MR) is 62.4 cm³/mol. The van der Waals surface area contributed by atoms with E-state index in [9.17, 15) is 10.1 Å². The van der Waals surface area contributed by atoms with E-state index in [2.05, 4.69) is 4.98 Å². The van der Waals surface area contributed by atoms with E-state index in [1.807, 2.05) is 0 Å². The number of hydrogen-bond acceptors (Lipinski definition) is 4. The lowest BCUT2D eigenvalue weighted by molar-refractivity contribution is -0.385. The Bertz CT molecular complexity index is 560. The number of rotatable bonds is 3. The van der Waals surface area contributed by atoms with Crippen LogP contribution in [0.2, 0.25) is 5.02 Å². The van der Waals surface area contributed by atoms with Crippen LogP contribution < -0.4 is 4.74 Å². The van der Waals surface area contributed by atoms with E-state index in [1.54, 1.807) is 24.3 Å². The smallest absolute Gasteiger partial charge is 0.314 e. The third-order valence-electron chi connectivity index (χ3n) is 1.98. The summed E-state index contributed by atoms with van der Waals surface area (Å²) in [6, 6.07) is 7.88. The molecule has 5 nitrogen and oxygen atoms in total. The molecule has 0 amide bonds. The van der Waals surface area contributed by atoms with Crippen LogP contribution in [-0.4, -0.2) is 9.91 Å². The molecule has 0 bridgehead atoms. The molecular formula is C11H7ClN2O3. The number of hydrogen-bond donors (Lipinski definition) is 0. The van der Waals surface area contributed by atoms with Gasteiger partial charge in [-0.05, 0) is 18.2 Å². The number of aromatic nitrogens is 1. The molecule has 0 radical (unpaired) electrons. The average molecular weight is 251 g/mol. The molecule has 0 unspecified atom stereocenters. The Balaban J connectivity index is 2.33. The van der Waals surface area contributed by atoms with Crippen LogP contribution in [-0.2, 0) is 0 Å². The zero-order valence-corrected chi connectivity index (χ0v) is 9.29. The summed E-state index contributed by atoms with van der Waals surface area (Å²) in [4.78, 5) is 14.0. The first-order chi connectivity index (χ1) is 8.16. The Hall–Kier alpha value is -2.14. The molecule has 0 aliphatic carbocycles. The van der Waals surface area contributed by atoms with Gasteiger partial charge in [-0.3, -0.25) is 15.1 Å². The zero-order chi connectivity index (χ0) is 12.3. The maximum Gasteiger partial charge on any atom is 0.314 e. The lowest BCUT2D eigenvalue weighted by Gasteiger charge is -2.05. The van der Waals surface area contributed by atoms with E-state index in [4.69, 9.17) is 16.3 Å². The molecule has 0 aliphatic heterocycles. The summed E-state index contributed by atoms with van der Waals surface area (Å²) in [6.45, 7) is 0. The quantitative estimate of drug-likeness (QED) is 0.618. The number of benzene rings is 1. The van der Waals surface area contributed by atoms with Crippen molar-refractivity contribution in [3.63, 3.8) is 0 Å². The highest BCUT2D eigenvalue weighted by atomic mass is 35.5. The summed E-state index contributed by atoms with van der Waals surface area (Å²) in [7, 11) is 0. The molecule has 0 fully saturated rings. The molecule has 86 valence electrons. The van der Waals surface area contributed by atoms with E-state index < -0.39 is 4.92 Å². The molecular weight excluding hydrogens is 244 g/mol. The molecule has 1 aromatic carbocycles. The van der Waals surface area contributed by atoms with Crippen molar-refractivity contribution in [2.75, 3.05) is 0 Å². The fourth-order valence-electron chi connectivity index (χ4n) is 1.26. The number of nitrogens with zero attached hydrogens (tertiary/aromatic N) is 2. The van der Waals surface area contributed by atoms with Crippen LogP contribution in [0.5, 0.6) is 11.5 Å². The minimum absolute atomic E-state index is 0.0831. The van der Waals surface area contributed by atoms with Crippen LogP contribution in [0.25, 0.3) is 0 Å². The Morgan fingerprint density at radius 2 is 2.18 bits per heavy atom. The molecule has 0 saturated heterocycles. The molecule has 0 N–H and O–H groups in total.